The molecule has 0 radical (unpaired) electrons. The maximum Gasteiger partial charge on any atom is 0.269 e. The van der Waals surface area contributed by atoms with E-state index in [4.69, 9.17) is 15.9 Å². The average molecular weight is 437 g/mol. The molecule has 1 aromatic carbocycles. The minimum atomic E-state index is -0.609. The third kappa shape index (κ3) is 6.63. The van der Waals surface area contributed by atoms with Crippen molar-refractivity contribution in [1.29, 1.82) is 5.41 Å². The summed E-state index contributed by atoms with van der Waals surface area (Å²) in [6.45, 7) is 7.63. The van der Waals surface area contributed by atoms with Gasteiger partial charge in [0.2, 0.25) is 0 Å². The summed E-state index contributed by atoms with van der Waals surface area (Å²) in [7, 11) is 1.50. The van der Waals surface area contributed by atoms with Crippen molar-refractivity contribution in [3.8, 4) is 5.75 Å². The number of rotatable bonds is 10. The second kappa shape index (κ2) is 11.2. The van der Waals surface area contributed by atoms with Crippen LogP contribution in [0.3, 0.4) is 0 Å². The predicted octanol–water partition coefficient (Wildman–Crippen LogP) is 2.79. The summed E-state index contributed by atoms with van der Waals surface area (Å²) in [4.78, 5) is 28.1. The second-order valence-electron chi connectivity index (χ2n) is 6.62. The van der Waals surface area contributed by atoms with E-state index in [0.717, 1.165) is 6.20 Å². The van der Waals surface area contributed by atoms with Crippen LogP contribution in [0.5, 0.6) is 5.75 Å². The Labute approximate surface area is 185 Å². The molecule has 0 unspecified atom stereocenters. The van der Waals surface area contributed by atoms with E-state index in [1.807, 2.05) is 0 Å². The summed E-state index contributed by atoms with van der Waals surface area (Å²) >= 11 is 0. The molecule has 0 atom stereocenters. The van der Waals surface area contributed by atoms with Crippen molar-refractivity contribution in [1.82, 2.24) is 15.6 Å². The Morgan fingerprint density at radius 2 is 1.91 bits per heavy atom. The molecule has 1 aromatic heterocycles. The summed E-state index contributed by atoms with van der Waals surface area (Å²) in [6.07, 6.45) is 3.13. The third-order valence-corrected chi connectivity index (χ3v) is 4.26. The summed E-state index contributed by atoms with van der Waals surface area (Å²) in [5.41, 5.74) is 6.23. The first-order valence-electron chi connectivity index (χ1n) is 9.54. The topological polar surface area (TPSA) is 130 Å². The number of ether oxygens (including phenoxy) is 1. The molecule has 0 aliphatic carbocycles. The third-order valence-electron chi connectivity index (χ3n) is 4.26. The highest BCUT2D eigenvalue weighted by molar-refractivity contribution is 6.26. The Kier molecular flexibility index (Phi) is 8.41. The smallest absolute Gasteiger partial charge is 0.269 e. The van der Waals surface area contributed by atoms with Gasteiger partial charge in [-0.1, -0.05) is 13.2 Å². The van der Waals surface area contributed by atoms with E-state index in [9.17, 15) is 14.0 Å². The SMILES string of the molecule is C=C(CCC(=C)Oc1ccnc(C(=O)NC)c1)NC(=O)/C(=C/N)C(=N)c1ccc(F)cc1. The lowest BCUT2D eigenvalue weighted by atomic mass is 10.0. The van der Waals surface area contributed by atoms with Crippen molar-refractivity contribution in [2.24, 2.45) is 5.73 Å². The number of halogens is 1. The van der Waals surface area contributed by atoms with Crippen LogP contribution >= 0.6 is 0 Å². The predicted molar refractivity (Wildman–Crippen MR) is 119 cm³/mol. The minimum Gasteiger partial charge on any atom is -0.462 e. The maximum absolute atomic E-state index is 13.1. The summed E-state index contributed by atoms with van der Waals surface area (Å²) < 4.78 is 18.7. The van der Waals surface area contributed by atoms with E-state index in [2.05, 4.69) is 28.8 Å². The second-order valence-corrected chi connectivity index (χ2v) is 6.62. The van der Waals surface area contributed by atoms with Crippen LogP contribution < -0.4 is 21.1 Å². The minimum absolute atomic E-state index is 0.0775. The van der Waals surface area contributed by atoms with Crippen LogP contribution in [0.25, 0.3) is 0 Å². The van der Waals surface area contributed by atoms with E-state index in [0.29, 0.717) is 35.6 Å². The van der Waals surface area contributed by atoms with Gasteiger partial charge in [-0.15, -0.1) is 0 Å². The molecule has 0 aliphatic heterocycles. The number of carbonyl (C=O) groups excluding carboxylic acids is 2. The highest BCUT2D eigenvalue weighted by Gasteiger charge is 2.17. The Morgan fingerprint density at radius 1 is 1.22 bits per heavy atom. The Balaban J connectivity index is 1.89. The van der Waals surface area contributed by atoms with Gasteiger partial charge in [0.15, 0.2) is 0 Å². The zero-order chi connectivity index (χ0) is 23.7. The number of hydrogen-bond acceptors (Lipinski definition) is 6. The van der Waals surface area contributed by atoms with Crippen LogP contribution in [0, 0.1) is 11.2 Å². The normalized spacial score (nSPS) is 10.8. The fourth-order valence-corrected chi connectivity index (χ4v) is 2.57. The first-order chi connectivity index (χ1) is 15.2. The number of amides is 2. The van der Waals surface area contributed by atoms with Gasteiger partial charge < -0.3 is 21.1 Å². The van der Waals surface area contributed by atoms with E-state index in [-0.39, 0.29) is 22.9 Å². The molecule has 2 aromatic rings. The zero-order valence-electron chi connectivity index (χ0n) is 17.6. The first-order valence-corrected chi connectivity index (χ1v) is 9.54. The first kappa shape index (κ1) is 24.0. The van der Waals surface area contributed by atoms with E-state index < -0.39 is 11.7 Å². The Bertz CT molecular complexity index is 1080. The lowest BCUT2D eigenvalue weighted by Crippen LogP contribution is -2.28. The number of carbonyl (C=O) groups is 2. The molecule has 8 nitrogen and oxygen atoms in total. The number of nitrogens with one attached hydrogen (secondary N) is 3. The lowest BCUT2D eigenvalue weighted by Gasteiger charge is -2.13. The highest BCUT2D eigenvalue weighted by Crippen LogP contribution is 2.17. The molecule has 5 N–H and O–H groups in total. The largest absolute Gasteiger partial charge is 0.462 e. The molecule has 0 fully saturated rings. The van der Waals surface area contributed by atoms with E-state index in [1.165, 1.54) is 43.6 Å². The fraction of sp³-hybridized carbons (Fsp3) is 0.130. The molecule has 0 saturated heterocycles. The van der Waals surface area contributed by atoms with Gasteiger partial charge in [-0.25, -0.2) is 4.39 Å². The maximum atomic E-state index is 13.1. The fourth-order valence-electron chi connectivity index (χ4n) is 2.57. The van der Waals surface area contributed by atoms with Gasteiger partial charge >= 0.3 is 0 Å². The highest BCUT2D eigenvalue weighted by atomic mass is 19.1. The number of aromatic nitrogens is 1. The van der Waals surface area contributed by atoms with Crippen molar-refractivity contribution in [2.75, 3.05) is 7.05 Å². The molecule has 0 saturated carbocycles. The number of hydrogen-bond donors (Lipinski definition) is 4. The van der Waals surface area contributed by atoms with Gasteiger partial charge in [0.05, 0.1) is 17.0 Å². The molecule has 32 heavy (non-hydrogen) atoms. The van der Waals surface area contributed by atoms with Crippen LogP contribution in [-0.2, 0) is 4.79 Å². The van der Waals surface area contributed by atoms with Crippen molar-refractivity contribution >= 4 is 17.5 Å². The monoisotopic (exact) mass is 437 g/mol. The van der Waals surface area contributed by atoms with Crippen LogP contribution in [0.15, 0.2) is 79.0 Å². The average Bonchev–Trinajstić information content (AvgIpc) is 2.78. The van der Waals surface area contributed by atoms with Gasteiger partial charge in [0, 0.05) is 43.2 Å². The quantitative estimate of drug-likeness (QED) is 0.258. The van der Waals surface area contributed by atoms with Crippen molar-refractivity contribution in [3.63, 3.8) is 0 Å². The summed E-state index contributed by atoms with van der Waals surface area (Å²) in [5.74, 6) is -0.603. The molecule has 2 amide bonds. The molecule has 166 valence electrons. The molecule has 1 heterocycles. The number of pyridine rings is 1. The lowest BCUT2D eigenvalue weighted by molar-refractivity contribution is -0.116. The number of nitrogens with two attached hydrogens (primary N) is 1. The molecule has 0 aliphatic rings. The van der Waals surface area contributed by atoms with Crippen LogP contribution in [0.4, 0.5) is 4.39 Å². The molecular formula is C23H24FN5O3. The summed E-state index contributed by atoms with van der Waals surface area (Å²) in [5, 5.41) is 13.2. The van der Waals surface area contributed by atoms with Crippen LogP contribution in [0.1, 0.15) is 28.9 Å². The number of allylic oxidation sites excluding steroid dienone is 2. The van der Waals surface area contributed by atoms with Crippen molar-refractivity contribution < 1.29 is 18.7 Å². The number of benzene rings is 1. The Morgan fingerprint density at radius 3 is 2.53 bits per heavy atom. The van der Waals surface area contributed by atoms with E-state index >= 15 is 0 Å². The van der Waals surface area contributed by atoms with Crippen molar-refractivity contribution in [2.45, 2.75) is 12.8 Å². The van der Waals surface area contributed by atoms with Crippen LogP contribution in [0.2, 0.25) is 0 Å². The number of nitrogens with zero attached hydrogens (tertiary/aromatic N) is 1. The van der Waals surface area contributed by atoms with Gasteiger partial charge in [-0.05, 0) is 36.8 Å². The molecule has 2 rings (SSSR count). The standard InChI is InChI=1S/C23H24FN5O3/c1-14(4-5-15(2)32-18-10-11-28-20(12-18)23(31)27-3)29-22(30)19(13-25)21(26)16-6-8-17(24)9-7-16/h6-13,26H,1-2,4-5,25H2,3H3,(H,27,31)(H,29,30)/b19-13+,26-21?. The van der Waals surface area contributed by atoms with Crippen LogP contribution in [-0.4, -0.2) is 29.6 Å². The Hall–Kier alpha value is -4.27. The summed E-state index contributed by atoms with van der Waals surface area (Å²) in [6, 6.07) is 8.24. The van der Waals surface area contributed by atoms with Gasteiger partial charge in [0.25, 0.3) is 11.8 Å². The van der Waals surface area contributed by atoms with Gasteiger partial charge in [-0.2, -0.15) is 0 Å². The molecule has 0 spiro atoms. The zero-order valence-corrected chi connectivity index (χ0v) is 17.6. The molecule has 9 heteroatoms. The molecular weight excluding hydrogens is 413 g/mol. The molecule has 0 bridgehead atoms. The van der Waals surface area contributed by atoms with Gasteiger partial charge in [0.1, 0.15) is 17.3 Å². The van der Waals surface area contributed by atoms with Gasteiger partial charge in [-0.3, -0.25) is 20.0 Å². The van der Waals surface area contributed by atoms with E-state index in [1.54, 1.807) is 6.07 Å². The van der Waals surface area contributed by atoms with Crippen molar-refractivity contribution in [3.05, 3.63) is 96.1 Å².